The highest BCUT2D eigenvalue weighted by atomic mass is 35.5. The first kappa shape index (κ1) is 23.0. The minimum atomic E-state index is -0.404. The van der Waals surface area contributed by atoms with Gasteiger partial charge in [0.1, 0.15) is 29.7 Å². The van der Waals surface area contributed by atoms with Crippen molar-refractivity contribution in [3.05, 3.63) is 93.6 Å². The molecular formula is C28H23ClFNO4. The fourth-order valence-electron chi connectivity index (χ4n) is 4.27. The minimum absolute atomic E-state index is 0.160. The highest BCUT2D eigenvalue weighted by molar-refractivity contribution is 6.31. The van der Waals surface area contributed by atoms with E-state index in [1.54, 1.807) is 31.4 Å². The quantitative estimate of drug-likeness (QED) is 0.273. The maximum absolute atomic E-state index is 13.3. The zero-order valence-corrected chi connectivity index (χ0v) is 20.3. The Labute approximate surface area is 207 Å². The molecule has 0 spiro atoms. The predicted molar refractivity (Wildman–Crippen MR) is 134 cm³/mol. The summed E-state index contributed by atoms with van der Waals surface area (Å²) in [6, 6.07) is 13.5. The van der Waals surface area contributed by atoms with Gasteiger partial charge in [0.25, 0.3) is 0 Å². The number of Topliss-reactive ketones (excluding diaryl/α,β-unsaturated/α-hetero) is 1. The van der Waals surface area contributed by atoms with Crippen molar-refractivity contribution in [3.63, 3.8) is 0 Å². The third-order valence-corrected chi connectivity index (χ3v) is 6.53. The fourth-order valence-corrected chi connectivity index (χ4v) is 4.49. The first-order valence-electron chi connectivity index (χ1n) is 11.2. The van der Waals surface area contributed by atoms with Gasteiger partial charge in [0.2, 0.25) is 5.78 Å². The van der Waals surface area contributed by atoms with E-state index < -0.39 is 5.82 Å². The zero-order valence-electron chi connectivity index (χ0n) is 19.5. The molecule has 35 heavy (non-hydrogen) atoms. The van der Waals surface area contributed by atoms with Gasteiger partial charge in [-0.15, -0.1) is 0 Å². The van der Waals surface area contributed by atoms with Crippen LogP contribution in [0.1, 0.15) is 34.0 Å². The van der Waals surface area contributed by atoms with Crippen molar-refractivity contribution >= 4 is 34.4 Å². The Morgan fingerprint density at radius 2 is 1.97 bits per heavy atom. The number of carbonyl (C=O) groups is 1. The largest absolute Gasteiger partial charge is 0.497 e. The fraction of sp³-hybridized carbons (Fsp3) is 0.179. The van der Waals surface area contributed by atoms with Crippen molar-refractivity contribution in [1.29, 1.82) is 0 Å². The van der Waals surface area contributed by atoms with E-state index in [0.29, 0.717) is 33.2 Å². The molecule has 0 unspecified atom stereocenters. The summed E-state index contributed by atoms with van der Waals surface area (Å²) in [4.78, 5) is 13.1. The number of aromatic nitrogens is 1. The molecule has 0 fully saturated rings. The molecular weight excluding hydrogens is 469 g/mol. The van der Waals surface area contributed by atoms with Gasteiger partial charge in [-0.25, -0.2) is 4.39 Å². The Morgan fingerprint density at radius 3 is 2.71 bits per heavy atom. The van der Waals surface area contributed by atoms with Gasteiger partial charge < -0.3 is 18.8 Å². The lowest BCUT2D eigenvalue weighted by Gasteiger charge is -2.12. The molecule has 0 saturated carbocycles. The molecule has 4 aromatic rings. The molecule has 0 atom stereocenters. The van der Waals surface area contributed by atoms with Crippen LogP contribution < -0.4 is 14.2 Å². The second-order valence-electron chi connectivity index (χ2n) is 8.28. The lowest BCUT2D eigenvalue weighted by Crippen LogP contribution is -1.99. The van der Waals surface area contributed by atoms with Gasteiger partial charge >= 0.3 is 0 Å². The van der Waals surface area contributed by atoms with Crippen molar-refractivity contribution in [2.24, 2.45) is 0 Å². The molecule has 3 aromatic carbocycles. The van der Waals surface area contributed by atoms with E-state index in [4.69, 9.17) is 25.8 Å². The van der Waals surface area contributed by atoms with E-state index in [9.17, 15) is 9.18 Å². The van der Waals surface area contributed by atoms with Crippen LogP contribution in [0.25, 0.3) is 17.0 Å². The maximum Gasteiger partial charge on any atom is 0.231 e. The SMILES string of the molecule is CCn1cc(C=C2Oc3c(ccc(OCc4ccc(F)cc4Cl)c3C)C2=O)c2cc(OC)ccc21. The summed E-state index contributed by atoms with van der Waals surface area (Å²) in [5.74, 6) is 1.44. The van der Waals surface area contributed by atoms with Crippen LogP contribution in [-0.2, 0) is 13.2 Å². The second-order valence-corrected chi connectivity index (χ2v) is 8.69. The number of ketones is 1. The van der Waals surface area contributed by atoms with Crippen LogP contribution in [0.15, 0.2) is 60.5 Å². The number of carbonyl (C=O) groups excluding carboxylic acids is 1. The zero-order chi connectivity index (χ0) is 24.7. The molecule has 178 valence electrons. The summed E-state index contributed by atoms with van der Waals surface area (Å²) in [5.41, 5.74) is 3.77. The molecule has 0 radical (unpaired) electrons. The van der Waals surface area contributed by atoms with Crippen LogP contribution in [0.2, 0.25) is 5.02 Å². The summed E-state index contributed by atoms with van der Waals surface area (Å²) in [7, 11) is 1.63. The number of fused-ring (bicyclic) bond motifs is 2. The van der Waals surface area contributed by atoms with Gasteiger partial charge in [-0.2, -0.15) is 0 Å². The van der Waals surface area contributed by atoms with Crippen LogP contribution in [0.4, 0.5) is 4.39 Å². The van der Waals surface area contributed by atoms with Gasteiger partial charge in [-0.05, 0) is 62.4 Å². The molecule has 5 nitrogen and oxygen atoms in total. The van der Waals surface area contributed by atoms with Crippen LogP contribution >= 0.6 is 11.6 Å². The molecule has 2 heterocycles. The summed E-state index contributed by atoms with van der Waals surface area (Å²) >= 11 is 6.11. The molecule has 0 saturated heterocycles. The molecule has 0 N–H and O–H groups in total. The van der Waals surface area contributed by atoms with E-state index in [1.165, 1.54) is 12.1 Å². The van der Waals surface area contributed by atoms with Crippen molar-refractivity contribution in [1.82, 2.24) is 4.57 Å². The molecule has 7 heteroatoms. The number of aryl methyl sites for hydroxylation is 1. The summed E-state index contributed by atoms with van der Waals surface area (Å²) in [5, 5.41) is 1.27. The lowest BCUT2D eigenvalue weighted by atomic mass is 10.1. The Bertz CT molecular complexity index is 1500. The molecule has 0 amide bonds. The topological polar surface area (TPSA) is 49.7 Å². The van der Waals surface area contributed by atoms with Gasteiger partial charge in [-0.1, -0.05) is 17.7 Å². The van der Waals surface area contributed by atoms with Crippen LogP contribution in [0.3, 0.4) is 0 Å². The molecule has 5 rings (SSSR count). The van der Waals surface area contributed by atoms with E-state index in [2.05, 4.69) is 11.5 Å². The van der Waals surface area contributed by atoms with E-state index in [-0.39, 0.29) is 18.1 Å². The van der Waals surface area contributed by atoms with Gasteiger partial charge in [0.15, 0.2) is 5.76 Å². The van der Waals surface area contributed by atoms with Crippen molar-refractivity contribution < 1.29 is 23.4 Å². The second kappa shape index (κ2) is 9.12. The summed E-state index contributed by atoms with van der Waals surface area (Å²) in [6.07, 6.45) is 3.78. The van der Waals surface area contributed by atoms with Gasteiger partial charge in [-0.3, -0.25) is 4.79 Å². The molecule has 1 aliphatic rings. The first-order valence-corrected chi connectivity index (χ1v) is 11.6. The number of benzene rings is 3. The Morgan fingerprint density at radius 1 is 1.14 bits per heavy atom. The minimum Gasteiger partial charge on any atom is -0.497 e. The van der Waals surface area contributed by atoms with E-state index in [0.717, 1.165) is 28.8 Å². The Kier molecular flexibility index (Phi) is 5.99. The Hall–Kier alpha value is -3.77. The number of allylic oxidation sites excluding steroid dienone is 1. The molecule has 1 aliphatic heterocycles. The summed E-state index contributed by atoms with van der Waals surface area (Å²) < 4.78 is 32.8. The van der Waals surface area contributed by atoms with Gasteiger partial charge in [0, 0.05) is 40.3 Å². The number of hydrogen-bond donors (Lipinski definition) is 0. The van der Waals surface area contributed by atoms with Crippen molar-refractivity contribution in [2.75, 3.05) is 7.11 Å². The van der Waals surface area contributed by atoms with Crippen LogP contribution in [0.5, 0.6) is 17.2 Å². The highest BCUT2D eigenvalue weighted by Crippen LogP contribution is 2.40. The van der Waals surface area contributed by atoms with Crippen molar-refractivity contribution in [3.8, 4) is 17.2 Å². The summed E-state index contributed by atoms with van der Waals surface area (Å²) in [6.45, 7) is 4.86. The highest BCUT2D eigenvalue weighted by Gasteiger charge is 2.30. The van der Waals surface area contributed by atoms with E-state index in [1.807, 2.05) is 31.3 Å². The average molecular weight is 492 g/mol. The molecule has 1 aromatic heterocycles. The Balaban J connectivity index is 1.45. The number of hydrogen-bond acceptors (Lipinski definition) is 4. The number of methoxy groups -OCH3 is 1. The standard InChI is InChI=1S/C28H23ClFNO4/c1-4-31-14-18(22-13-20(33-3)7-9-24(22)31)11-26-27(32)21-8-10-25(16(2)28(21)35-26)34-15-17-5-6-19(30)12-23(17)29/h5-14H,4,15H2,1-3H3. The monoisotopic (exact) mass is 491 g/mol. The molecule has 0 bridgehead atoms. The lowest BCUT2D eigenvalue weighted by molar-refractivity contribution is 0.101. The average Bonchev–Trinajstić information content (AvgIpc) is 3.37. The third kappa shape index (κ3) is 4.15. The number of nitrogens with zero attached hydrogens (tertiary/aromatic N) is 1. The maximum atomic E-state index is 13.3. The smallest absolute Gasteiger partial charge is 0.231 e. The third-order valence-electron chi connectivity index (χ3n) is 6.18. The van der Waals surface area contributed by atoms with Gasteiger partial charge in [0.05, 0.1) is 17.7 Å². The van der Waals surface area contributed by atoms with Crippen LogP contribution in [0, 0.1) is 12.7 Å². The number of halogens is 2. The first-order chi connectivity index (χ1) is 16.9. The number of rotatable bonds is 6. The predicted octanol–water partition coefficient (Wildman–Crippen LogP) is 6.97. The van der Waals surface area contributed by atoms with Crippen LogP contribution in [-0.4, -0.2) is 17.5 Å². The van der Waals surface area contributed by atoms with Crippen molar-refractivity contribution in [2.45, 2.75) is 27.0 Å². The normalized spacial score (nSPS) is 13.9. The number of ether oxygens (including phenoxy) is 3. The van der Waals surface area contributed by atoms with E-state index >= 15 is 0 Å². The molecule has 0 aliphatic carbocycles.